The van der Waals surface area contributed by atoms with Crippen LogP contribution in [0.25, 0.3) is 54.9 Å². The van der Waals surface area contributed by atoms with Crippen molar-refractivity contribution in [2.75, 3.05) is 4.90 Å². The van der Waals surface area contributed by atoms with E-state index < -0.39 is 0 Å². The highest BCUT2D eigenvalue weighted by Crippen LogP contribution is 2.48. The third-order valence-electron chi connectivity index (χ3n) is 8.46. The Morgan fingerprint density at radius 3 is 1.29 bits per heavy atom. The molecule has 0 spiro atoms. The average Bonchev–Trinajstić information content (AvgIpc) is 3.13. The number of fused-ring (bicyclic) bond motifs is 2. The molecule has 2 heteroatoms. The van der Waals surface area contributed by atoms with Gasteiger partial charge in [-0.05, 0) is 74.5 Å². The summed E-state index contributed by atoms with van der Waals surface area (Å²) in [6.07, 6.45) is 1.88. The summed E-state index contributed by atoms with van der Waals surface area (Å²) < 4.78 is 0. The van der Waals surface area contributed by atoms with Crippen LogP contribution in [0.2, 0.25) is 0 Å². The number of aromatic nitrogens is 1. The molecule has 0 atom stereocenters. The van der Waals surface area contributed by atoms with Crippen molar-refractivity contribution in [3.8, 4) is 33.4 Å². The number of nitrogens with zero attached hydrogens (tertiary/aromatic N) is 2. The Morgan fingerprint density at radius 1 is 0.356 bits per heavy atom. The van der Waals surface area contributed by atoms with E-state index in [1.807, 2.05) is 12.3 Å². The zero-order valence-corrected chi connectivity index (χ0v) is 24.7. The molecule has 45 heavy (non-hydrogen) atoms. The van der Waals surface area contributed by atoms with E-state index >= 15 is 0 Å². The fourth-order valence-electron chi connectivity index (χ4n) is 6.46. The zero-order chi connectivity index (χ0) is 30.0. The molecule has 0 saturated heterocycles. The predicted octanol–water partition coefficient (Wildman–Crippen LogP) is 11.9. The van der Waals surface area contributed by atoms with Crippen LogP contribution >= 0.6 is 0 Å². The fraction of sp³-hybridized carbons (Fsp3) is 0. The summed E-state index contributed by atoms with van der Waals surface area (Å²) in [5.74, 6) is 0.865. The number of pyridine rings is 1. The van der Waals surface area contributed by atoms with Gasteiger partial charge in [-0.25, -0.2) is 4.98 Å². The molecule has 1 aromatic heterocycles. The molecule has 0 bridgehead atoms. The fourth-order valence-corrected chi connectivity index (χ4v) is 6.46. The summed E-state index contributed by atoms with van der Waals surface area (Å²) in [6.45, 7) is 0. The lowest BCUT2D eigenvalue weighted by atomic mass is 9.90. The number of benzene rings is 7. The van der Waals surface area contributed by atoms with Crippen molar-refractivity contribution in [3.05, 3.63) is 182 Å². The van der Waals surface area contributed by atoms with Crippen LogP contribution in [0.4, 0.5) is 17.2 Å². The predicted molar refractivity (Wildman–Crippen MR) is 190 cm³/mol. The topological polar surface area (TPSA) is 16.1 Å². The van der Waals surface area contributed by atoms with E-state index in [0.717, 1.165) is 28.3 Å². The minimum atomic E-state index is 0.865. The first-order valence-electron chi connectivity index (χ1n) is 15.3. The summed E-state index contributed by atoms with van der Waals surface area (Å²) in [7, 11) is 0. The molecule has 0 aliphatic carbocycles. The lowest BCUT2D eigenvalue weighted by Gasteiger charge is -2.29. The van der Waals surface area contributed by atoms with Crippen LogP contribution in [-0.2, 0) is 0 Å². The van der Waals surface area contributed by atoms with Crippen LogP contribution in [0.3, 0.4) is 0 Å². The summed E-state index contributed by atoms with van der Waals surface area (Å²) >= 11 is 0. The Labute approximate surface area is 263 Å². The molecule has 7 aromatic carbocycles. The number of anilines is 3. The molecule has 2 nitrogen and oxygen atoms in total. The van der Waals surface area contributed by atoms with E-state index in [4.69, 9.17) is 4.98 Å². The van der Waals surface area contributed by atoms with Gasteiger partial charge in [-0.1, -0.05) is 146 Å². The first-order chi connectivity index (χ1) is 22.3. The second-order valence-corrected chi connectivity index (χ2v) is 11.2. The Morgan fingerprint density at radius 2 is 0.800 bits per heavy atom. The molecule has 8 aromatic rings. The zero-order valence-electron chi connectivity index (χ0n) is 24.7. The van der Waals surface area contributed by atoms with Crippen molar-refractivity contribution in [3.63, 3.8) is 0 Å². The largest absolute Gasteiger partial charge is 0.294 e. The summed E-state index contributed by atoms with van der Waals surface area (Å²) in [5.41, 5.74) is 9.27. The molecular formula is C43H30N2. The van der Waals surface area contributed by atoms with Crippen LogP contribution < -0.4 is 4.90 Å². The molecule has 8 rings (SSSR count). The minimum absolute atomic E-state index is 0.865. The van der Waals surface area contributed by atoms with Gasteiger partial charge >= 0.3 is 0 Å². The van der Waals surface area contributed by atoms with E-state index in [1.54, 1.807) is 0 Å². The molecular weight excluding hydrogens is 544 g/mol. The maximum Gasteiger partial charge on any atom is 0.137 e. The lowest BCUT2D eigenvalue weighted by molar-refractivity contribution is 1.19. The van der Waals surface area contributed by atoms with Crippen molar-refractivity contribution >= 4 is 38.7 Å². The van der Waals surface area contributed by atoms with Gasteiger partial charge < -0.3 is 0 Å². The second kappa shape index (κ2) is 11.6. The van der Waals surface area contributed by atoms with Crippen LogP contribution in [-0.4, -0.2) is 4.98 Å². The number of hydrogen-bond acceptors (Lipinski definition) is 2. The Bertz CT molecular complexity index is 2130. The van der Waals surface area contributed by atoms with Gasteiger partial charge in [-0.2, -0.15) is 0 Å². The number of hydrogen-bond donors (Lipinski definition) is 0. The SMILES string of the molecule is c1ccc(-c2cc(-c3ccccc3)cc(N(c3ccccn3)c3c4ccccc4c(-c4ccccc4)c4ccccc34)c2)cc1. The van der Waals surface area contributed by atoms with E-state index in [9.17, 15) is 0 Å². The molecule has 1 heterocycles. The molecule has 0 saturated carbocycles. The maximum atomic E-state index is 4.96. The molecule has 0 aliphatic rings. The van der Waals surface area contributed by atoms with Crippen LogP contribution in [0.1, 0.15) is 0 Å². The second-order valence-electron chi connectivity index (χ2n) is 11.2. The highest BCUT2D eigenvalue weighted by molar-refractivity contribution is 6.22. The molecule has 0 N–H and O–H groups in total. The van der Waals surface area contributed by atoms with Crippen molar-refractivity contribution in [2.24, 2.45) is 0 Å². The molecule has 0 aliphatic heterocycles. The van der Waals surface area contributed by atoms with Crippen LogP contribution in [0.15, 0.2) is 182 Å². The third kappa shape index (κ3) is 4.93. The summed E-state index contributed by atoms with van der Waals surface area (Å²) in [4.78, 5) is 7.30. The molecule has 0 amide bonds. The summed E-state index contributed by atoms with van der Waals surface area (Å²) in [6, 6.07) is 62.6. The third-order valence-corrected chi connectivity index (χ3v) is 8.46. The van der Waals surface area contributed by atoms with Gasteiger partial charge in [0.15, 0.2) is 0 Å². The van der Waals surface area contributed by atoms with Gasteiger partial charge in [-0.3, -0.25) is 4.90 Å². The van der Waals surface area contributed by atoms with Gasteiger partial charge in [0.05, 0.1) is 5.69 Å². The standard InChI is InChI=1S/C43H30N2/c1-4-16-31(17-5-1)34-28-35(32-18-6-2-7-19-32)30-36(29-34)45(41-26-14-15-27-44-41)43-39-24-12-10-22-37(39)42(33-20-8-3-9-21-33)38-23-11-13-25-40(38)43/h1-30H. The van der Waals surface area contributed by atoms with Crippen molar-refractivity contribution < 1.29 is 0 Å². The minimum Gasteiger partial charge on any atom is -0.294 e. The first-order valence-corrected chi connectivity index (χ1v) is 15.3. The van der Waals surface area contributed by atoms with Crippen LogP contribution in [0.5, 0.6) is 0 Å². The highest BCUT2D eigenvalue weighted by Gasteiger charge is 2.23. The van der Waals surface area contributed by atoms with Crippen molar-refractivity contribution in [2.45, 2.75) is 0 Å². The van der Waals surface area contributed by atoms with E-state index in [2.05, 4.69) is 175 Å². The van der Waals surface area contributed by atoms with Gasteiger partial charge in [-0.15, -0.1) is 0 Å². The molecule has 0 fully saturated rings. The van der Waals surface area contributed by atoms with Crippen LogP contribution in [0, 0.1) is 0 Å². The van der Waals surface area contributed by atoms with E-state index in [-0.39, 0.29) is 0 Å². The van der Waals surface area contributed by atoms with Crippen molar-refractivity contribution in [1.29, 1.82) is 0 Å². The van der Waals surface area contributed by atoms with Gasteiger partial charge in [0.1, 0.15) is 5.82 Å². The van der Waals surface area contributed by atoms with Gasteiger partial charge in [0.2, 0.25) is 0 Å². The lowest BCUT2D eigenvalue weighted by Crippen LogP contribution is -2.13. The monoisotopic (exact) mass is 574 g/mol. The molecule has 0 unspecified atom stereocenters. The molecule has 0 radical (unpaired) electrons. The Kier molecular flexibility index (Phi) is 6.86. The van der Waals surface area contributed by atoms with E-state index in [1.165, 1.54) is 43.8 Å². The van der Waals surface area contributed by atoms with Gasteiger partial charge in [0.25, 0.3) is 0 Å². The van der Waals surface area contributed by atoms with E-state index in [0.29, 0.717) is 0 Å². The first kappa shape index (κ1) is 26.6. The smallest absolute Gasteiger partial charge is 0.137 e. The quantitative estimate of drug-likeness (QED) is 0.184. The van der Waals surface area contributed by atoms with Crippen molar-refractivity contribution in [1.82, 2.24) is 4.98 Å². The highest BCUT2D eigenvalue weighted by atomic mass is 15.2. The Hall–Kier alpha value is -5.99. The number of rotatable bonds is 6. The van der Waals surface area contributed by atoms with Gasteiger partial charge in [0, 0.05) is 22.7 Å². The molecule has 212 valence electrons. The average molecular weight is 575 g/mol. The summed E-state index contributed by atoms with van der Waals surface area (Å²) in [5, 5.41) is 4.76. The Balaban J connectivity index is 1.49. The maximum absolute atomic E-state index is 4.96. The normalized spacial score (nSPS) is 11.1.